The van der Waals surface area contributed by atoms with Crippen molar-refractivity contribution in [2.45, 2.75) is 0 Å². The molecule has 0 aliphatic heterocycles. The Kier molecular flexibility index (Phi) is 5.24. The van der Waals surface area contributed by atoms with E-state index in [-0.39, 0.29) is 11.6 Å². The molecular formula is C15H15BrFNO2. The number of anilines is 1. The van der Waals surface area contributed by atoms with Crippen LogP contribution in [0.3, 0.4) is 0 Å². The number of para-hydroxylation sites is 1. The number of benzene rings is 2. The average molecular weight is 340 g/mol. The summed E-state index contributed by atoms with van der Waals surface area (Å²) in [5.74, 6) is 0.680. The third-order valence-corrected chi connectivity index (χ3v) is 3.38. The van der Waals surface area contributed by atoms with Gasteiger partial charge in [-0.3, -0.25) is 0 Å². The maximum Gasteiger partial charge on any atom is 0.165 e. The lowest BCUT2D eigenvalue weighted by molar-refractivity contribution is 0.315. The molecule has 2 rings (SSSR count). The summed E-state index contributed by atoms with van der Waals surface area (Å²) in [5, 5.41) is 3.20. The molecular weight excluding hydrogens is 325 g/mol. The van der Waals surface area contributed by atoms with Crippen molar-refractivity contribution in [3.63, 3.8) is 0 Å². The quantitative estimate of drug-likeness (QED) is 0.804. The van der Waals surface area contributed by atoms with Crippen LogP contribution in [0.25, 0.3) is 0 Å². The van der Waals surface area contributed by atoms with Gasteiger partial charge in [0.25, 0.3) is 0 Å². The molecule has 0 radical (unpaired) electrons. The number of methoxy groups -OCH3 is 1. The van der Waals surface area contributed by atoms with Crippen molar-refractivity contribution in [2.24, 2.45) is 0 Å². The minimum atomic E-state index is -0.352. The molecule has 0 aliphatic carbocycles. The van der Waals surface area contributed by atoms with Crippen LogP contribution < -0.4 is 14.8 Å². The van der Waals surface area contributed by atoms with Gasteiger partial charge < -0.3 is 14.8 Å². The first-order valence-electron chi connectivity index (χ1n) is 6.15. The molecule has 0 heterocycles. The van der Waals surface area contributed by atoms with Crippen LogP contribution in [0.5, 0.6) is 11.5 Å². The van der Waals surface area contributed by atoms with Crippen LogP contribution in [0, 0.1) is 5.82 Å². The summed E-state index contributed by atoms with van der Waals surface area (Å²) < 4.78 is 24.8. The van der Waals surface area contributed by atoms with Crippen molar-refractivity contribution in [1.29, 1.82) is 0 Å². The largest absolute Gasteiger partial charge is 0.497 e. The number of nitrogens with one attached hydrogen (secondary N) is 1. The van der Waals surface area contributed by atoms with Gasteiger partial charge in [0.2, 0.25) is 0 Å². The summed E-state index contributed by atoms with van der Waals surface area (Å²) in [7, 11) is 1.62. The third-order valence-electron chi connectivity index (χ3n) is 2.69. The lowest BCUT2D eigenvalue weighted by Gasteiger charge is -2.11. The van der Waals surface area contributed by atoms with E-state index < -0.39 is 0 Å². The van der Waals surface area contributed by atoms with E-state index in [1.165, 1.54) is 6.07 Å². The van der Waals surface area contributed by atoms with Gasteiger partial charge in [-0.05, 0) is 40.2 Å². The van der Waals surface area contributed by atoms with Crippen molar-refractivity contribution in [3.05, 3.63) is 52.8 Å². The highest BCUT2D eigenvalue weighted by Crippen LogP contribution is 2.26. The molecule has 106 valence electrons. The molecule has 20 heavy (non-hydrogen) atoms. The monoisotopic (exact) mass is 339 g/mol. The fraction of sp³-hybridized carbons (Fsp3) is 0.200. The topological polar surface area (TPSA) is 30.5 Å². The summed E-state index contributed by atoms with van der Waals surface area (Å²) in [4.78, 5) is 0. The lowest BCUT2D eigenvalue weighted by Crippen LogP contribution is -2.12. The highest BCUT2D eigenvalue weighted by atomic mass is 79.9. The van der Waals surface area contributed by atoms with Gasteiger partial charge in [0.05, 0.1) is 12.8 Å². The highest BCUT2D eigenvalue weighted by Gasteiger charge is 2.03. The molecule has 1 N–H and O–H groups in total. The van der Waals surface area contributed by atoms with E-state index in [9.17, 15) is 4.39 Å². The third kappa shape index (κ3) is 3.87. The van der Waals surface area contributed by atoms with E-state index in [2.05, 4.69) is 21.2 Å². The van der Waals surface area contributed by atoms with Crippen LogP contribution in [-0.4, -0.2) is 20.3 Å². The highest BCUT2D eigenvalue weighted by molar-refractivity contribution is 9.10. The first-order chi connectivity index (χ1) is 9.70. The lowest BCUT2D eigenvalue weighted by atomic mass is 10.3. The molecule has 0 aromatic heterocycles. The fourth-order valence-corrected chi connectivity index (χ4v) is 2.06. The van der Waals surface area contributed by atoms with Gasteiger partial charge in [0.1, 0.15) is 12.4 Å². The zero-order valence-corrected chi connectivity index (χ0v) is 12.6. The van der Waals surface area contributed by atoms with Crippen LogP contribution in [0.15, 0.2) is 46.9 Å². The SMILES string of the molecule is COc1ccc(Br)c(NCCOc2ccccc2F)c1. The van der Waals surface area contributed by atoms with Crippen LogP contribution in [0.1, 0.15) is 0 Å². The van der Waals surface area contributed by atoms with Crippen molar-refractivity contribution >= 4 is 21.6 Å². The Morgan fingerprint density at radius 2 is 2.00 bits per heavy atom. The molecule has 0 saturated heterocycles. The molecule has 2 aromatic rings. The first kappa shape index (κ1) is 14.7. The van der Waals surface area contributed by atoms with Crippen LogP contribution >= 0.6 is 15.9 Å². The van der Waals surface area contributed by atoms with Gasteiger partial charge in [-0.2, -0.15) is 0 Å². The van der Waals surface area contributed by atoms with E-state index in [0.29, 0.717) is 13.2 Å². The normalized spacial score (nSPS) is 10.2. The summed E-state index contributed by atoms with van der Waals surface area (Å²) in [6.45, 7) is 0.921. The predicted octanol–water partition coefficient (Wildman–Crippen LogP) is 4.09. The minimum absolute atomic E-state index is 0.263. The average Bonchev–Trinajstić information content (AvgIpc) is 2.47. The molecule has 0 aliphatic rings. The van der Waals surface area contributed by atoms with Gasteiger partial charge in [-0.15, -0.1) is 0 Å². The molecule has 0 bridgehead atoms. The van der Waals surface area contributed by atoms with Gasteiger partial charge in [0.15, 0.2) is 11.6 Å². The summed E-state index contributed by atoms with van der Waals surface area (Å²) in [6, 6.07) is 12.0. The van der Waals surface area contributed by atoms with E-state index in [1.54, 1.807) is 25.3 Å². The van der Waals surface area contributed by atoms with Gasteiger partial charge in [0, 0.05) is 17.1 Å². The molecule has 0 unspecified atom stereocenters. The Balaban J connectivity index is 1.86. The van der Waals surface area contributed by atoms with Crippen LogP contribution in [0.2, 0.25) is 0 Å². The Morgan fingerprint density at radius 3 is 2.75 bits per heavy atom. The van der Waals surface area contributed by atoms with E-state index in [1.807, 2.05) is 18.2 Å². The molecule has 0 spiro atoms. The van der Waals surface area contributed by atoms with Crippen LogP contribution in [0.4, 0.5) is 10.1 Å². The predicted molar refractivity (Wildman–Crippen MR) is 81.1 cm³/mol. The minimum Gasteiger partial charge on any atom is -0.497 e. The number of rotatable bonds is 6. The number of ether oxygens (including phenoxy) is 2. The standard InChI is InChI=1S/C15H15BrFNO2/c1-19-11-6-7-12(16)14(10-11)18-8-9-20-15-5-3-2-4-13(15)17/h2-7,10,18H,8-9H2,1H3. The zero-order valence-electron chi connectivity index (χ0n) is 11.0. The second-order valence-electron chi connectivity index (χ2n) is 4.05. The van der Waals surface area contributed by atoms with Gasteiger partial charge >= 0.3 is 0 Å². The second kappa shape index (κ2) is 7.14. The molecule has 3 nitrogen and oxygen atoms in total. The molecule has 0 atom stereocenters. The number of hydrogen-bond acceptors (Lipinski definition) is 3. The molecule has 0 fully saturated rings. The summed E-state index contributed by atoms with van der Waals surface area (Å²) in [6.07, 6.45) is 0. The molecule has 0 saturated carbocycles. The molecule has 5 heteroatoms. The van der Waals surface area contributed by atoms with Gasteiger partial charge in [-0.1, -0.05) is 12.1 Å². The Morgan fingerprint density at radius 1 is 1.20 bits per heavy atom. The second-order valence-corrected chi connectivity index (χ2v) is 4.91. The van der Waals surface area contributed by atoms with E-state index in [4.69, 9.17) is 9.47 Å². The van der Waals surface area contributed by atoms with Crippen molar-refractivity contribution < 1.29 is 13.9 Å². The summed E-state index contributed by atoms with van der Waals surface area (Å²) in [5.41, 5.74) is 0.904. The summed E-state index contributed by atoms with van der Waals surface area (Å²) >= 11 is 3.45. The number of hydrogen-bond donors (Lipinski definition) is 1. The Hall–Kier alpha value is -1.75. The van der Waals surface area contributed by atoms with Gasteiger partial charge in [-0.25, -0.2) is 4.39 Å². The number of halogens is 2. The smallest absolute Gasteiger partial charge is 0.165 e. The maximum absolute atomic E-state index is 13.3. The van der Waals surface area contributed by atoms with Crippen LogP contribution in [-0.2, 0) is 0 Å². The van der Waals surface area contributed by atoms with Crippen molar-refractivity contribution in [3.8, 4) is 11.5 Å². The Labute approximate surface area is 125 Å². The van der Waals surface area contributed by atoms with E-state index >= 15 is 0 Å². The van der Waals surface area contributed by atoms with E-state index in [0.717, 1.165) is 15.9 Å². The Bertz CT molecular complexity index is 578. The van der Waals surface area contributed by atoms with Crippen molar-refractivity contribution in [2.75, 3.05) is 25.6 Å². The van der Waals surface area contributed by atoms with Crippen molar-refractivity contribution in [1.82, 2.24) is 0 Å². The molecule has 0 amide bonds. The first-order valence-corrected chi connectivity index (χ1v) is 6.95. The fourth-order valence-electron chi connectivity index (χ4n) is 1.68. The molecule has 2 aromatic carbocycles. The maximum atomic E-state index is 13.3. The zero-order chi connectivity index (χ0) is 14.4.